The van der Waals surface area contributed by atoms with Gasteiger partial charge in [-0.3, -0.25) is 0 Å². The van der Waals surface area contributed by atoms with Crippen LogP contribution in [0.1, 0.15) is 0 Å². The fraction of sp³-hybridized carbons (Fsp3) is 0.429. The van der Waals surface area contributed by atoms with E-state index in [1.165, 1.54) is 12.7 Å². The second kappa shape index (κ2) is 6.42. The van der Waals surface area contributed by atoms with Gasteiger partial charge in [-0.2, -0.15) is 0 Å². The maximum absolute atomic E-state index is 5.33. The Morgan fingerprint density at radius 1 is 0.773 bits per heavy atom. The van der Waals surface area contributed by atoms with Gasteiger partial charge < -0.3 is 19.3 Å². The Morgan fingerprint density at radius 2 is 1.18 bits per heavy atom. The second-order valence-electron chi connectivity index (χ2n) is 4.80. The molecule has 0 atom stereocenters. The molecule has 0 unspecified atom stereocenters. The molecule has 0 amide bonds. The minimum Gasteiger partial charge on any atom is -0.491 e. The topological polar surface area (TPSA) is 76.5 Å². The van der Waals surface area contributed by atoms with Crippen molar-refractivity contribution in [3.8, 4) is 11.5 Å². The second-order valence-corrected chi connectivity index (χ2v) is 4.80. The third kappa shape index (κ3) is 2.72. The summed E-state index contributed by atoms with van der Waals surface area (Å²) in [6.45, 7) is 3.28. The van der Waals surface area contributed by atoms with Crippen molar-refractivity contribution in [2.45, 2.75) is 0 Å². The van der Waals surface area contributed by atoms with Crippen LogP contribution in [-0.4, -0.2) is 60.3 Å². The van der Waals surface area contributed by atoms with Gasteiger partial charge in [0.2, 0.25) is 0 Å². The highest BCUT2D eigenvalue weighted by Crippen LogP contribution is 2.28. The van der Waals surface area contributed by atoms with Crippen LogP contribution in [0.25, 0.3) is 0 Å². The highest BCUT2D eigenvalue weighted by Gasteiger charge is 2.23. The highest BCUT2D eigenvalue weighted by atomic mass is 16.5. The third-order valence-corrected chi connectivity index (χ3v) is 3.64. The predicted molar refractivity (Wildman–Crippen MR) is 81.6 cm³/mol. The average Bonchev–Trinajstić information content (AvgIpc) is 2.62. The Balaban J connectivity index is 1.73. The zero-order valence-corrected chi connectivity index (χ0v) is 12.6. The number of rotatable bonds is 4. The van der Waals surface area contributed by atoms with Crippen LogP contribution >= 0.6 is 0 Å². The van der Waals surface area contributed by atoms with E-state index >= 15 is 0 Å². The fourth-order valence-corrected chi connectivity index (χ4v) is 2.51. The van der Waals surface area contributed by atoms with E-state index in [1.807, 2.05) is 0 Å². The summed E-state index contributed by atoms with van der Waals surface area (Å²) in [7, 11) is 3.26. The number of ether oxygens (including phenoxy) is 2. The van der Waals surface area contributed by atoms with Crippen molar-refractivity contribution >= 4 is 11.6 Å². The quantitative estimate of drug-likeness (QED) is 0.813. The van der Waals surface area contributed by atoms with Gasteiger partial charge in [0.1, 0.15) is 12.7 Å². The molecule has 8 heteroatoms. The molecule has 1 saturated heterocycles. The molecule has 2 aromatic heterocycles. The van der Waals surface area contributed by atoms with Crippen LogP contribution in [0.5, 0.6) is 11.5 Å². The number of piperazine rings is 1. The SMILES string of the molecule is COc1cncnc1N1CCN(c2ncncc2OC)CC1. The van der Waals surface area contributed by atoms with Crippen molar-refractivity contribution in [2.24, 2.45) is 0 Å². The number of nitrogens with zero attached hydrogens (tertiary/aromatic N) is 6. The van der Waals surface area contributed by atoms with Crippen LogP contribution in [0, 0.1) is 0 Å². The minimum absolute atomic E-state index is 0.690. The predicted octanol–water partition coefficient (Wildman–Crippen LogP) is 0.610. The molecule has 0 aliphatic carbocycles. The largest absolute Gasteiger partial charge is 0.491 e. The lowest BCUT2D eigenvalue weighted by Crippen LogP contribution is -2.47. The number of anilines is 2. The standard InChI is InChI=1S/C14H18N6O2/c1-21-11-7-15-9-17-13(11)19-3-5-20(6-4-19)14-12(22-2)8-16-10-18-14/h7-10H,3-6H2,1-2H3. The lowest BCUT2D eigenvalue weighted by molar-refractivity contribution is 0.406. The Labute approximate surface area is 128 Å². The summed E-state index contributed by atoms with van der Waals surface area (Å²) < 4.78 is 10.7. The van der Waals surface area contributed by atoms with Gasteiger partial charge in [-0.05, 0) is 0 Å². The molecule has 0 aromatic carbocycles. The maximum atomic E-state index is 5.33. The summed E-state index contributed by atoms with van der Waals surface area (Å²) in [5.41, 5.74) is 0. The van der Waals surface area contributed by atoms with E-state index in [2.05, 4.69) is 29.7 Å². The molecule has 3 rings (SSSR count). The van der Waals surface area contributed by atoms with Gasteiger partial charge in [0.05, 0.1) is 26.6 Å². The molecule has 1 aliphatic rings. The molecule has 1 aliphatic heterocycles. The van der Waals surface area contributed by atoms with E-state index in [4.69, 9.17) is 9.47 Å². The van der Waals surface area contributed by atoms with Gasteiger partial charge in [-0.25, -0.2) is 19.9 Å². The zero-order chi connectivity index (χ0) is 15.4. The zero-order valence-electron chi connectivity index (χ0n) is 12.6. The Morgan fingerprint density at radius 3 is 1.55 bits per heavy atom. The summed E-state index contributed by atoms with van der Waals surface area (Å²) in [6, 6.07) is 0. The molecular weight excluding hydrogens is 284 g/mol. The van der Waals surface area contributed by atoms with Crippen LogP contribution in [0.4, 0.5) is 11.6 Å². The molecule has 0 N–H and O–H groups in total. The third-order valence-electron chi connectivity index (χ3n) is 3.64. The summed E-state index contributed by atoms with van der Waals surface area (Å²) in [5.74, 6) is 3.03. The minimum atomic E-state index is 0.690. The first kappa shape index (κ1) is 14.3. The first-order valence-electron chi connectivity index (χ1n) is 7.01. The van der Waals surface area contributed by atoms with E-state index < -0.39 is 0 Å². The molecule has 116 valence electrons. The first-order valence-corrected chi connectivity index (χ1v) is 7.01. The highest BCUT2D eigenvalue weighted by molar-refractivity contribution is 5.55. The molecule has 0 radical (unpaired) electrons. The Hall–Kier alpha value is -2.64. The average molecular weight is 302 g/mol. The van der Waals surface area contributed by atoms with Crippen molar-refractivity contribution in [1.29, 1.82) is 0 Å². The lowest BCUT2D eigenvalue weighted by atomic mass is 10.3. The monoisotopic (exact) mass is 302 g/mol. The molecule has 0 spiro atoms. The molecule has 2 aromatic rings. The van der Waals surface area contributed by atoms with Crippen molar-refractivity contribution in [3.05, 3.63) is 25.0 Å². The summed E-state index contributed by atoms with van der Waals surface area (Å²) in [5, 5.41) is 0. The molecule has 8 nitrogen and oxygen atoms in total. The van der Waals surface area contributed by atoms with E-state index in [-0.39, 0.29) is 0 Å². The molecule has 0 saturated carbocycles. The van der Waals surface area contributed by atoms with Gasteiger partial charge in [-0.1, -0.05) is 0 Å². The summed E-state index contributed by atoms with van der Waals surface area (Å²) in [6.07, 6.45) is 6.44. The number of hydrogen-bond acceptors (Lipinski definition) is 8. The van der Waals surface area contributed by atoms with Crippen molar-refractivity contribution in [2.75, 3.05) is 50.2 Å². The molecule has 1 fully saturated rings. The van der Waals surface area contributed by atoms with Gasteiger partial charge in [0, 0.05) is 26.2 Å². The van der Waals surface area contributed by atoms with Crippen LogP contribution in [-0.2, 0) is 0 Å². The summed E-state index contributed by atoms with van der Waals surface area (Å²) >= 11 is 0. The van der Waals surface area contributed by atoms with Crippen molar-refractivity contribution in [1.82, 2.24) is 19.9 Å². The molecular formula is C14H18N6O2. The van der Waals surface area contributed by atoms with Gasteiger partial charge in [0.15, 0.2) is 23.1 Å². The molecule has 3 heterocycles. The first-order chi connectivity index (χ1) is 10.8. The van der Waals surface area contributed by atoms with Crippen LogP contribution < -0.4 is 19.3 Å². The lowest BCUT2D eigenvalue weighted by Gasteiger charge is -2.36. The van der Waals surface area contributed by atoms with Crippen LogP contribution in [0.15, 0.2) is 25.0 Å². The van der Waals surface area contributed by atoms with Crippen molar-refractivity contribution < 1.29 is 9.47 Å². The molecule has 22 heavy (non-hydrogen) atoms. The fourth-order valence-electron chi connectivity index (χ4n) is 2.51. The number of hydrogen-bond donors (Lipinski definition) is 0. The van der Waals surface area contributed by atoms with E-state index in [0.717, 1.165) is 37.8 Å². The molecule has 0 bridgehead atoms. The van der Waals surface area contributed by atoms with Gasteiger partial charge >= 0.3 is 0 Å². The summed E-state index contributed by atoms with van der Waals surface area (Å²) in [4.78, 5) is 21.0. The van der Waals surface area contributed by atoms with Gasteiger partial charge in [0.25, 0.3) is 0 Å². The van der Waals surface area contributed by atoms with E-state index in [0.29, 0.717) is 11.5 Å². The Kier molecular flexibility index (Phi) is 4.17. The van der Waals surface area contributed by atoms with E-state index in [1.54, 1.807) is 26.6 Å². The maximum Gasteiger partial charge on any atom is 0.179 e. The number of methoxy groups -OCH3 is 2. The van der Waals surface area contributed by atoms with Crippen LogP contribution in [0.3, 0.4) is 0 Å². The van der Waals surface area contributed by atoms with E-state index in [9.17, 15) is 0 Å². The normalized spacial score (nSPS) is 14.8. The van der Waals surface area contributed by atoms with Gasteiger partial charge in [-0.15, -0.1) is 0 Å². The van der Waals surface area contributed by atoms with Crippen molar-refractivity contribution in [3.63, 3.8) is 0 Å². The Bertz CT molecular complexity index is 575. The smallest absolute Gasteiger partial charge is 0.179 e. The number of aromatic nitrogens is 4. The van der Waals surface area contributed by atoms with Crippen LogP contribution in [0.2, 0.25) is 0 Å².